The number of pyridine rings is 1. The van der Waals surface area contributed by atoms with Gasteiger partial charge in [0.15, 0.2) is 17.5 Å². The standard InChI is InChI=1S/C32H19BrN4O/c33-25-17-23(20-12-14-34-15-13-20)16-24(18-25)32-36-30(21-6-2-1-3-7-21)35-31(37-32)22-10-11-27-26-8-4-5-9-28(26)38-29(27)19-22/h1-19H. The summed E-state index contributed by atoms with van der Waals surface area (Å²) in [4.78, 5) is 18.9. The van der Waals surface area contributed by atoms with Crippen molar-refractivity contribution >= 4 is 37.9 Å². The highest BCUT2D eigenvalue weighted by Crippen LogP contribution is 2.34. The van der Waals surface area contributed by atoms with Gasteiger partial charge in [-0.15, -0.1) is 0 Å². The molecule has 0 aliphatic heterocycles. The van der Waals surface area contributed by atoms with Crippen LogP contribution in [0.25, 0.3) is 67.2 Å². The summed E-state index contributed by atoms with van der Waals surface area (Å²) in [6, 6.07) is 34.3. The lowest BCUT2D eigenvalue weighted by atomic mass is 10.0. The van der Waals surface area contributed by atoms with Crippen molar-refractivity contribution in [1.82, 2.24) is 19.9 Å². The third-order valence-corrected chi connectivity index (χ3v) is 6.93. The van der Waals surface area contributed by atoms with Crippen LogP contribution >= 0.6 is 15.9 Å². The van der Waals surface area contributed by atoms with E-state index in [-0.39, 0.29) is 0 Å². The maximum absolute atomic E-state index is 6.14. The lowest BCUT2D eigenvalue weighted by molar-refractivity contribution is 0.669. The normalized spacial score (nSPS) is 11.3. The van der Waals surface area contributed by atoms with Gasteiger partial charge in [0.2, 0.25) is 0 Å². The van der Waals surface area contributed by atoms with Crippen LogP contribution in [0, 0.1) is 0 Å². The van der Waals surface area contributed by atoms with Gasteiger partial charge in [0.05, 0.1) is 0 Å². The van der Waals surface area contributed by atoms with E-state index in [4.69, 9.17) is 19.4 Å². The van der Waals surface area contributed by atoms with E-state index in [1.54, 1.807) is 12.4 Å². The molecule has 38 heavy (non-hydrogen) atoms. The number of para-hydroxylation sites is 1. The number of benzene rings is 4. The summed E-state index contributed by atoms with van der Waals surface area (Å²) in [7, 11) is 0. The van der Waals surface area contributed by atoms with Gasteiger partial charge in [-0.3, -0.25) is 4.98 Å². The second kappa shape index (κ2) is 9.32. The van der Waals surface area contributed by atoms with E-state index >= 15 is 0 Å². The fourth-order valence-electron chi connectivity index (χ4n) is 4.65. The number of furan rings is 1. The molecule has 0 N–H and O–H groups in total. The van der Waals surface area contributed by atoms with Gasteiger partial charge in [-0.05, 0) is 59.7 Å². The number of rotatable bonds is 4. The number of nitrogens with zero attached hydrogens (tertiary/aromatic N) is 4. The average Bonchev–Trinajstić information content (AvgIpc) is 3.35. The van der Waals surface area contributed by atoms with Crippen LogP contribution in [0.15, 0.2) is 124 Å². The predicted molar refractivity (Wildman–Crippen MR) is 154 cm³/mol. The minimum atomic E-state index is 0.585. The van der Waals surface area contributed by atoms with Crippen LogP contribution in [-0.2, 0) is 0 Å². The molecule has 0 spiro atoms. The number of hydrogen-bond donors (Lipinski definition) is 0. The molecule has 4 aromatic carbocycles. The molecule has 0 aliphatic rings. The van der Waals surface area contributed by atoms with Crippen molar-refractivity contribution in [3.05, 3.63) is 120 Å². The first-order chi connectivity index (χ1) is 18.7. The summed E-state index contributed by atoms with van der Waals surface area (Å²) < 4.78 is 7.08. The molecule has 180 valence electrons. The summed E-state index contributed by atoms with van der Waals surface area (Å²) in [6.45, 7) is 0. The van der Waals surface area contributed by atoms with E-state index in [0.717, 1.165) is 54.2 Å². The van der Waals surface area contributed by atoms with Crippen LogP contribution in [-0.4, -0.2) is 19.9 Å². The van der Waals surface area contributed by atoms with E-state index in [1.807, 2.05) is 78.9 Å². The molecule has 0 radical (unpaired) electrons. The maximum atomic E-state index is 6.14. The zero-order chi connectivity index (χ0) is 25.5. The van der Waals surface area contributed by atoms with Crippen molar-refractivity contribution in [1.29, 1.82) is 0 Å². The molecular weight excluding hydrogens is 536 g/mol. The molecule has 5 nitrogen and oxygen atoms in total. The molecule has 0 unspecified atom stereocenters. The van der Waals surface area contributed by atoms with Crippen molar-refractivity contribution in [3.8, 4) is 45.3 Å². The van der Waals surface area contributed by atoms with Crippen molar-refractivity contribution in [3.63, 3.8) is 0 Å². The summed E-state index contributed by atoms with van der Waals surface area (Å²) in [5.41, 5.74) is 6.44. The number of aromatic nitrogens is 4. The Hall–Kier alpha value is -4.68. The Morgan fingerprint density at radius 3 is 1.95 bits per heavy atom. The van der Waals surface area contributed by atoms with Gasteiger partial charge >= 0.3 is 0 Å². The van der Waals surface area contributed by atoms with Gasteiger partial charge in [0.1, 0.15) is 11.2 Å². The second-order valence-corrected chi connectivity index (χ2v) is 9.86. The first kappa shape index (κ1) is 22.5. The fourth-order valence-corrected chi connectivity index (χ4v) is 5.14. The molecule has 3 heterocycles. The zero-order valence-electron chi connectivity index (χ0n) is 20.0. The smallest absolute Gasteiger partial charge is 0.164 e. The summed E-state index contributed by atoms with van der Waals surface area (Å²) in [5.74, 6) is 1.79. The largest absolute Gasteiger partial charge is 0.456 e. The molecule has 0 aliphatic carbocycles. The Bertz CT molecular complexity index is 1930. The number of fused-ring (bicyclic) bond motifs is 3. The quantitative estimate of drug-likeness (QED) is 0.218. The molecule has 0 saturated heterocycles. The van der Waals surface area contributed by atoms with Gasteiger partial charge in [-0.25, -0.2) is 15.0 Å². The van der Waals surface area contributed by atoms with E-state index in [1.165, 1.54) is 0 Å². The van der Waals surface area contributed by atoms with Gasteiger partial charge in [-0.1, -0.05) is 70.5 Å². The Morgan fingerprint density at radius 2 is 1.13 bits per heavy atom. The molecule has 7 aromatic rings. The zero-order valence-corrected chi connectivity index (χ0v) is 21.6. The average molecular weight is 555 g/mol. The molecule has 7 rings (SSSR count). The highest BCUT2D eigenvalue weighted by molar-refractivity contribution is 9.10. The van der Waals surface area contributed by atoms with E-state index in [0.29, 0.717) is 17.5 Å². The molecule has 3 aromatic heterocycles. The van der Waals surface area contributed by atoms with Crippen LogP contribution in [0.4, 0.5) is 0 Å². The number of halogens is 1. The third-order valence-electron chi connectivity index (χ3n) is 6.47. The van der Waals surface area contributed by atoms with Gasteiger partial charge < -0.3 is 4.42 Å². The Labute approximate surface area is 227 Å². The highest BCUT2D eigenvalue weighted by atomic mass is 79.9. The minimum absolute atomic E-state index is 0.585. The fraction of sp³-hybridized carbons (Fsp3) is 0. The monoisotopic (exact) mass is 554 g/mol. The number of hydrogen-bond acceptors (Lipinski definition) is 5. The first-order valence-corrected chi connectivity index (χ1v) is 13.0. The first-order valence-electron chi connectivity index (χ1n) is 12.2. The predicted octanol–water partition coefficient (Wildman–Crippen LogP) is 8.60. The Morgan fingerprint density at radius 1 is 0.474 bits per heavy atom. The van der Waals surface area contributed by atoms with Crippen LogP contribution in [0.5, 0.6) is 0 Å². The molecular formula is C32H19BrN4O. The van der Waals surface area contributed by atoms with Gasteiger partial charge in [0, 0.05) is 44.3 Å². The van der Waals surface area contributed by atoms with Gasteiger partial charge in [-0.2, -0.15) is 0 Å². The Kier molecular flexibility index (Phi) is 5.52. The van der Waals surface area contributed by atoms with E-state index in [2.05, 4.69) is 45.2 Å². The lowest BCUT2D eigenvalue weighted by Gasteiger charge is -2.10. The maximum Gasteiger partial charge on any atom is 0.164 e. The van der Waals surface area contributed by atoms with Gasteiger partial charge in [0.25, 0.3) is 0 Å². The van der Waals surface area contributed by atoms with Crippen LogP contribution in [0.2, 0.25) is 0 Å². The van der Waals surface area contributed by atoms with Crippen molar-refractivity contribution < 1.29 is 4.42 Å². The van der Waals surface area contributed by atoms with E-state index in [9.17, 15) is 0 Å². The molecule has 0 saturated carbocycles. The highest BCUT2D eigenvalue weighted by Gasteiger charge is 2.15. The molecule has 6 heteroatoms. The van der Waals surface area contributed by atoms with Crippen LogP contribution in [0.1, 0.15) is 0 Å². The minimum Gasteiger partial charge on any atom is -0.456 e. The summed E-state index contributed by atoms with van der Waals surface area (Å²) in [6.07, 6.45) is 3.58. The van der Waals surface area contributed by atoms with Crippen molar-refractivity contribution in [2.45, 2.75) is 0 Å². The molecule has 0 fully saturated rings. The second-order valence-electron chi connectivity index (χ2n) is 8.95. The summed E-state index contributed by atoms with van der Waals surface area (Å²) >= 11 is 3.68. The van der Waals surface area contributed by atoms with Crippen molar-refractivity contribution in [2.24, 2.45) is 0 Å². The summed E-state index contributed by atoms with van der Waals surface area (Å²) in [5, 5.41) is 2.16. The van der Waals surface area contributed by atoms with E-state index < -0.39 is 0 Å². The Balaban J connectivity index is 1.42. The molecule has 0 amide bonds. The molecule has 0 bridgehead atoms. The van der Waals surface area contributed by atoms with Crippen LogP contribution in [0.3, 0.4) is 0 Å². The van der Waals surface area contributed by atoms with Crippen LogP contribution < -0.4 is 0 Å². The van der Waals surface area contributed by atoms with Crippen molar-refractivity contribution in [2.75, 3.05) is 0 Å². The third kappa shape index (κ3) is 4.15. The topological polar surface area (TPSA) is 64.7 Å². The molecule has 0 atom stereocenters. The lowest BCUT2D eigenvalue weighted by Crippen LogP contribution is -2.00. The SMILES string of the molecule is Brc1cc(-c2ccncc2)cc(-c2nc(-c3ccccc3)nc(-c3ccc4c(c3)oc3ccccc34)n2)c1.